The second-order valence-electron chi connectivity index (χ2n) is 12.8. The van der Waals surface area contributed by atoms with Crippen LogP contribution in [0, 0.1) is 17.7 Å². The number of thiazole rings is 1. The van der Waals surface area contributed by atoms with E-state index in [4.69, 9.17) is 25.8 Å². The fourth-order valence-electron chi connectivity index (χ4n) is 5.23. The molecule has 1 saturated heterocycles. The molecule has 44 heavy (non-hydrogen) atoms. The summed E-state index contributed by atoms with van der Waals surface area (Å²) in [5.74, 6) is 6.16. The third-order valence-electron chi connectivity index (χ3n) is 6.98. The molecule has 234 valence electrons. The number of nitrogens with zero attached hydrogens (tertiary/aromatic N) is 3. The first kappa shape index (κ1) is 31.8. The highest BCUT2D eigenvalue weighted by Crippen LogP contribution is 2.46. The van der Waals surface area contributed by atoms with Crippen LogP contribution in [-0.2, 0) is 16.0 Å². The van der Waals surface area contributed by atoms with Gasteiger partial charge in [0.05, 0.1) is 21.3 Å². The van der Waals surface area contributed by atoms with Crippen molar-refractivity contribution in [2.24, 2.45) is 0 Å². The van der Waals surface area contributed by atoms with E-state index in [0.29, 0.717) is 65.8 Å². The number of fused-ring (bicyclic) bond motifs is 3. The van der Waals surface area contributed by atoms with E-state index >= 15 is 4.39 Å². The molecule has 1 fully saturated rings. The lowest BCUT2D eigenvalue weighted by Crippen LogP contribution is -2.56. The predicted octanol–water partition coefficient (Wildman–Crippen LogP) is 7.29. The first-order valence-corrected chi connectivity index (χ1v) is 15.6. The molecule has 1 atom stereocenters. The first-order chi connectivity index (χ1) is 20.6. The summed E-state index contributed by atoms with van der Waals surface area (Å²) in [7, 11) is 0. The minimum absolute atomic E-state index is 0.0681. The van der Waals surface area contributed by atoms with Gasteiger partial charge in [-0.05, 0) is 66.7 Å². The van der Waals surface area contributed by atoms with Gasteiger partial charge in [-0.3, -0.25) is 10.2 Å². The SMILES string of the molecule is CC#Cc1cc2c(c(Cl)c1-c1ccc(F)c3sc(NC(=O)OC(C)(C)C)nc13)OCC1CN(C(=O)OC(C)(C)C)CCN1C2. The van der Waals surface area contributed by atoms with Gasteiger partial charge >= 0.3 is 12.2 Å². The molecular weight excluding hydrogens is 607 g/mol. The van der Waals surface area contributed by atoms with E-state index < -0.39 is 23.1 Å². The number of rotatable bonds is 2. The zero-order valence-electron chi connectivity index (χ0n) is 25.9. The molecule has 5 rings (SSSR count). The van der Waals surface area contributed by atoms with E-state index in [1.54, 1.807) is 38.7 Å². The summed E-state index contributed by atoms with van der Waals surface area (Å²) in [6, 6.07) is 4.85. The fourth-order valence-corrected chi connectivity index (χ4v) is 6.49. The standard InChI is InChI=1S/C32H36ClFN4O5S/c1-8-9-18-14-19-15-37-12-13-38(30(40)43-32(5,6)7)16-20(37)17-41-26(19)24(33)23(18)21-10-11-22(34)27-25(21)35-28(44-27)36-29(39)42-31(2,3)4/h10-11,14,20H,12-13,15-17H2,1-7H3,(H,35,36,39). The Labute approximate surface area is 265 Å². The molecule has 2 aliphatic rings. The maximum Gasteiger partial charge on any atom is 0.413 e. The van der Waals surface area contributed by atoms with Crippen LogP contribution < -0.4 is 10.1 Å². The molecular formula is C32H36ClFN4O5S. The largest absolute Gasteiger partial charge is 0.490 e. The van der Waals surface area contributed by atoms with Crippen molar-refractivity contribution in [1.82, 2.24) is 14.8 Å². The molecule has 3 heterocycles. The number of carbonyl (C=O) groups is 2. The predicted molar refractivity (Wildman–Crippen MR) is 170 cm³/mol. The summed E-state index contributed by atoms with van der Waals surface area (Å²) < 4.78 is 32.6. The first-order valence-electron chi connectivity index (χ1n) is 14.4. The summed E-state index contributed by atoms with van der Waals surface area (Å²) in [5.41, 5.74) is 1.68. The lowest BCUT2D eigenvalue weighted by atomic mass is 9.95. The molecule has 0 saturated carbocycles. The van der Waals surface area contributed by atoms with E-state index in [1.807, 2.05) is 26.8 Å². The van der Waals surface area contributed by atoms with Gasteiger partial charge in [-0.15, -0.1) is 5.92 Å². The minimum Gasteiger partial charge on any atom is -0.490 e. The molecule has 0 aliphatic carbocycles. The number of anilines is 1. The average molecular weight is 643 g/mol. The Morgan fingerprint density at radius 2 is 1.89 bits per heavy atom. The number of hydrogen-bond donors (Lipinski definition) is 1. The number of aromatic nitrogens is 1. The number of ether oxygens (including phenoxy) is 3. The van der Waals surface area contributed by atoms with Gasteiger partial charge in [-0.25, -0.2) is 19.0 Å². The van der Waals surface area contributed by atoms with Gasteiger partial charge < -0.3 is 19.1 Å². The van der Waals surface area contributed by atoms with Crippen molar-refractivity contribution in [1.29, 1.82) is 0 Å². The van der Waals surface area contributed by atoms with Crippen molar-refractivity contribution in [2.75, 3.05) is 31.6 Å². The number of amides is 2. The van der Waals surface area contributed by atoms with Crippen molar-refractivity contribution in [2.45, 2.75) is 72.3 Å². The smallest absolute Gasteiger partial charge is 0.413 e. The summed E-state index contributed by atoms with van der Waals surface area (Å²) >= 11 is 8.13. The molecule has 9 nitrogen and oxygen atoms in total. The highest BCUT2D eigenvalue weighted by molar-refractivity contribution is 7.22. The maximum atomic E-state index is 15.0. The van der Waals surface area contributed by atoms with Crippen LogP contribution >= 0.6 is 22.9 Å². The highest BCUT2D eigenvalue weighted by Gasteiger charge is 2.36. The molecule has 0 spiro atoms. The molecule has 1 N–H and O–H groups in total. The van der Waals surface area contributed by atoms with Crippen molar-refractivity contribution in [3.8, 4) is 28.7 Å². The van der Waals surface area contributed by atoms with Crippen LogP contribution in [0.1, 0.15) is 59.6 Å². The van der Waals surface area contributed by atoms with Gasteiger partial charge in [-0.2, -0.15) is 0 Å². The number of piperazine rings is 1. The second kappa shape index (κ2) is 12.1. The summed E-state index contributed by atoms with van der Waals surface area (Å²) in [6.07, 6.45) is -1.03. The molecule has 12 heteroatoms. The Kier molecular flexibility index (Phi) is 8.73. The van der Waals surface area contributed by atoms with E-state index in [-0.39, 0.29) is 22.0 Å². The lowest BCUT2D eigenvalue weighted by molar-refractivity contribution is -0.00155. The van der Waals surface area contributed by atoms with Crippen LogP contribution in [-0.4, -0.2) is 70.5 Å². The normalized spacial score (nSPS) is 17.0. The van der Waals surface area contributed by atoms with Gasteiger partial charge in [0.1, 0.15) is 29.4 Å². The van der Waals surface area contributed by atoms with Crippen molar-refractivity contribution in [3.63, 3.8) is 0 Å². The van der Waals surface area contributed by atoms with Gasteiger partial charge in [0.25, 0.3) is 0 Å². The number of carbonyl (C=O) groups excluding carboxylic acids is 2. The molecule has 2 aromatic carbocycles. The van der Waals surface area contributed by atoms with Crippen LogP contribution in [0.4, 0.5) is 19.1 Å². The molecule has 0 bridgehead atoms. The van der Waals surface area contributed by atoms with E-state index in [9.17, 15) is 9.59 Å². The Bertz CT molecular complexity index is 1680. The lowest BCUT2D eigenvalue weighted by Gasteiger charge is -2.40. The zero-order chi connectivity index (χ0) is 32.0. The third kappa shape index (κ3) is 6.88. The summed E-state index contributed by atoms with van der Waals surface area (Å²) in [5, 5.41) is 3.14. The Morgan fingerprint density at radius 1 is 1.16 bits per heavy atom. The Hall–Kier alpha value is -3.59. The van der Waals surface area contributed by atoms with Crippen molar-refractivity contribution < 1.29 is 28.2 Å². The Morgan fingerprint density at radius 3 is 2.57 bits per heavy atom. The zero-order valence-corrected chi connectivity index (χ0v) is 27.5. The van der Waals surface area contributed by atoms with Gasteiger partial charge in [0.2, 0.25) is 0 Å². The highest BCUT2D eigenvalue weighted by atomic mass is 35.5. The number of hydrogen-bond acceptors (Lipinski definition) is 8. The maximum absolute atomic E-state index is 15.0. The topological polar surface area (TPSA) is 93.2 Å². The molecule has 2 amide bonds. The number of halogens is 2. The van der Waals surface area contributed by atoms with E-state index in [0.717, 1.165) is 16.9 Å². The second-order valence-corrected chi connectivity index (χ2v) is 14.1. The summed E-state index contributed by atoms with van der Waals surface area (Å²) in [6.45, 7) is 15.0. The van der Waals surface area contributed by atoms with Crippen molar-refractivity contribution in [3.05, 3.63) is 40.2 Å². The molecule has 3 aromatic rings. The molecule has 1 unspecified atom stereocenters. The van der Waals surface area contributed by atoms with E-state index in [2.05, 4.69) is 27.0 Å². The molecule has 0 radical (unpaired) electrons. The Balaban J connectivity index is 1.50. The van der Waals surface area contributed by atoms with Crippen LogP contribution in [0.15, 0.2) is 18.2 Å². The van der Waals surface area contributed by atoms with Crippen LogP contribution in [0.5, 0.6) is 5.75 Å². The van der Waals surface area contributed by atoms with Gasteiger partial charge in [-0.1, -0.05) is 28.9 Å². The summed E-state index contributed by atoms with van der Waals surface area (Å²) in [4.78, 5) is 33.7. The monoisotopic (exact) mass is 642 g/mol. The number of benzene rings is 2. The van der Waals surface area contributed by atoms with Gasteiger partial charge in [0.15, 0.2) is 5.13 Å². The van der Waals surface area contributed by atoms with E-state index in [1.165, 1.54) is 6.07 Å². The minimum atomic E-state index is -0.706. The van der Waals surface area contributed by atoms with Crippen LogP contribution in [0.2, 0.25) is 5.02 Å². The van der Waals surface area contributed by atoms with Gasteiger partial charge in [0, 0.05) is 48.4 Å². The molecule has 1 aromatic heterocycles. The average Bonchev–Trinajstić information content (AvgIpc) is 3.23. The van der Waals surface area contributed by atoms with Crippen LogP contribution in [0.25, 0.3) is 21.3 Å². The van der Waals surface area contributed by atoms with Crippen molar-refractivity contribution >= 4 is 50.5 Å². The molecule has 2 aliphatic heterocycles. The fraction of sp³-hybridized carbons (Fsp3) is 0.469. The third-order valence-corrected chi connectivity index (χ3v) is 8.32. The van der Waals surface area contributed by atoms with Crippen LogP contribution in [0.3, 0.4) is 0 Å². The number of nitrogens with one attached hydrogen (secondary N) is 1. The quantitative estimate of drug-likeness (QED) is 0.294.